The van der Waals surface area contributed by atoms with Crippen molar-refractivity contribution >= 4 is 29.3 Å². The van der Waals surface area contributed by atoms with Gasteiger partial charge in [-0.3, -0.25) is 9.59 Å². The van der Waals surface area contributed by atoms with Crippen LogP contribution in [0.3, 0.4) is 0 Å². The minimum Gasteiger partial charge on any atom is -0.452 e. The summed E-state index contributed by atoms with van der Waals surface area (Å²) in [5.41, 5.74) is 1.07. The molecule has 2 N–H and O–H groups in total. The van der Waals surface area contributed by atoms with E-state index in [1.807, 2.05) is 24.3 Å². The number of anilines is 2. The molecule has 2 amide bonds. The number of rotatable bonds is 7. The van der Waals surface area contributed by atoms with Gasteiger partial charge in [0.1, 0.15) is 5.60 Å². The molecular formula is C21H31N3O6. The first-order valence-electron chi connectivity index (χ1n) is 10.0. The summed E-state index contributed by atoms with van der Waals surface area (Å²) < 4.78 is 15.5. The zero-order valence-electron chi connectivity index (χ0n) is 18.0. The summed E-state index contributed by atoms with van der Waals surface area (Å²) in [7, 11) is 0. The van der Waals surface area contributed by atoms with Gasteiger partial charge >= 0.3 is 12.1 Å². The molecule has 30 heavy (non-hydrogen) atoms. The summed E-state index contributed by atoms with van der Waals surface area (Å²) in [6, 6.07) is 7.48. The number of carbonyl (C=O) groups is 3. The minimum atomic E-state index is -0.960. The standard InChI is InChI=1S/C21H31N3O6/c1-15(29-18(25)9-10-22-20(27)30-21(2,3)4)19(26)23-16-5-7-17(8-6-16)24-11-13-28-14-12-24/h5-8,15H,9-14H2,1-4H3,(H,22,27)(H,23,26). The smallest absolute Gasteiger partial charge is 0.407 e. The molecule has 0 saturated carbocycles. The topological polar surface area (TPSA) is 106 Å². The molecular weight excluding hydrogens is 390 g/mol. The molecule has 0 radical (unpaired) electrons. The molecule has 1 aromatic carbocycles. The van der Waals surface area contributed by atoms with Crippen LogP contribution in [0, 0.1) is 0 Å². The van der Waals surface area contributed by atoms with E-state index in [0.29, 0.717) is 18.9 Å². The SMILES string of the molecule is CC(OC(=O)CCNC(=O)OC(C)(C)C)C(=O)Nc1ccc(N2CCOCC2)cc1. The van der Waals surface area contributed by atoms with E-state index >= 15 is 0 Å². The number of esters is 1. The molecule has 0 bridgehead atoms. The van der Waals surface area contributed by atoms with Crippen LogP contribution < -0.4 is 15.5 Å². The van der Waals surface area contributed by atoms with Crippen molar-refractivity contribution in [2.75, 3.05) is 43.1 Å². The first-order chi connectivity index (χ1) is 14.1. The molecule has 2 rings (SSSR count). The Morgan fingerprint density at radius 1 is 1.13 bits per heavy atom. The Morgan fingerprint density at radius 2 is 1.77 bits per heavy atom. The number of morpholine rings is 1. The average molecular weight is 421 g/mol. The van der Waals surface area contributed by atoms with E-state index in [0.717, 1.165) is 18.8 Å². The van der Waals surface area contributed by atoms with Gasteiger partial charge in [-0.15, -0.1) is 0 Å². The van der Waals surface area contributed by atoms with E-state index in [-0.39, 0.29) is 13.0 Å². The molecule has 1 aliphatic rings. The summed E-state index contributed by atoms with van der Waals surface area (Å²) in [4.78, 5) is 37.9. The number of nitrogens with one attached hydrogen (secondary N) is 2. The van der Waals surface area contributed by atoms with Gasteiger partial charge in [0.15, 0.2) is 6.10 Å². The molecule has 1 heterocycles. The molecule has 1 aliphatic heterocycles. The van der Waals surface area contributed by atoms with Crippen molar-refractivity contribution in [1.82, 2.24) is 5.32 Å². The van der Waals surface area contributed by atoms with Crippen LogP contribution in [0.4, 0.5) is 16.2 Å². The Balaban J connectivity index is 1.72. The monoisotopic (exact) mass is 421 g/mol. The highest BCUT2D eigenvalue weighted by Crippen LogP contribution is 2.19. The van der Waals surface area contributed by atoms with Crippen molar-refractivity contribution in [3.63, 3.8) is 0 Å². The van der Waals surface area contributed by atoms with Crippen molar-refractivity contribution in [2.45, 2.75) is 45.8 Å². The Hall–Kier alpha value is -2.81. The Morgan fingerprint density at radius 3 is 2.37 bits per heavy atom. The number of hydrogen-bond acceptors (Lipinski definition) is 7. The van der Waals surface area contributed by atoms with Gasteiger partial charge in [-0.05, 0) is 52.0 Å². The third-order valence-corrected chi connectivity index (χ3v) is 4.19. The number of amides is 2. The summed E-state index contributed by atoms with van der Waals surface area (Å²) in [5.74, 6) is -1.01. The van der Waals surface area contributed by atoms with Crippen LogP contribution in [0.15, 0.2) is 24.3 Å². The fraction of sp³-hybridized carbons (Fsp3) is 0.571. The quantitative estimate of drug-likeness (QED) is 0.651. The zero-order chi connectivity index (χ0) is 22.1. The maximum Gasteiger partial charge on any atom is 0.407 e. The molecule has 1 saturated heterocycles. The number of alkyl carbamates (subject to hydrolysis) is 1. The minimum absolute atomic E-state index is 0.0606. The molecule has 1 unspecified atom stereocenters. The lowest BCUT2D eigenvalue weighted by Crippen LogP contribution is -2.36. The number of hydrogen-bond donors (Lipinski definition) is 2. The van der Waals surface area contributed by atoms with E-state index in [4.69, 9.17) is 14.2 Å². The largest absolute Gasteiger partial charge is 0.452 e. The van der Waals surface area contributed by atoms with Crippen LogP contribution >= 0.6 is 0 Å². The summed E-state index contributed by atoms with van der Waals surface area (Å²) in [6.45, 7) is 9.87. The first kappa shape index (κ1) is 23.5. The fourth-order valence-corrected chi connectivity index (χ4v) is 2.71. The number of carbonyl (C=O) groups excluding carboxylic acids is 3. The van der Waals surface area contributed by atoms with Crippen LogP contribution in [-0.4, -0.2) is 62.5 Å². The Bertz CT molecular complexity index is 723. The molecule has 1 atom stereocenters. The van der Waals surface area contributed by atoms with Crippen molar-refractivity contribution in [3.8, 4) is 0 Å². The lowest BCUT2D eigenvalue weighted by atomic mass is 10.2. The van der Waals surface area contributed by atoms with Crippen LogP contribution in [0.5, 0.6) is 0 Å². The molecule has 0 spiro atoms. The molecule has 1 aromatic rings. The predicted octanol–water partition coefficient (Wildman–Crippen LogP) is 2.31. The van der Waals surface area contributed by atoms with Gasteiger partial charge in [-0.2, -0.15) is 0 Å². The molecule has 0 aliphatic carbocycles. The van der Waals surface area contributed by atoms with E-state index < -0.39 is 29.7 Å². The fourth-order valence-electron chi connectivity index (χ4n) is 2.71. The third kappa shape index (κ3) is 8.28. The summed E-state index contributed by atoms with van der Waals surface area (Å²) >= 11 is 0. The van der Waals surface area contributed by atoms with E-state index in [1.54, 1.807) is 20.8 Å². The number of nitrogens with zero attached hydrogens (tertiary/aromatic N) is 1. The second-order valence-corrected chi connectivity index (χ2v) is 7.95. The second-order valence-electron chi connectivity index (χ2n) is 7.95. The van der Waals surface area contributed by atoms with Crippen molar-refractivity contribution < 1.29 is 28.6 Å². The molecule has 166 valence electrons. The Labute approximate surface area is 177 Å². The Kier molecular flexibility index (Phi) is 8.46. The zero-order valence-corrected chi connectivity index (χ0v) is 18.0. The van der Waals surface area contributed by atoms with Gasteiger partial charge in [-0.25, -0.2) is 4.79 Å². The van der Waals surface area contributed by atoms with Gasteiger partial charge in [0.2, 0.25) is 0 Å². The number of benzene rings is 1. The first-order valence-corrected chi connectivity index (χ1v) is 10.0. The van der Waals surface area contributed by atoms with Gasteiger partial charge in [-0.1, -0.05) is 0 Å². The second kappa shape index (κ2) is 10.8. The summed E-state index contributed by atoms with van der Waals surface area (Å²) in [6.07, 6.45) is -1.63. The van der Waals surface area contributed by atoms with Gasteiger partial charge in [0.05, 0.1) is 19.6 Å². The van der Waals surface area contributed by atoms with Crippen LogP contribution in [0.2, 0.25) is 0 Å². The lowest BCUT2D eigenvalue weighted by Gasteiger charge is -2.28. The highest BCUT2D eigenvalue weighted by atomic mass is 16.6. The highest BCUT2D eigenvalue weighted by molar-refractivity contribution is 5.95. The molecule has 9 nitrogen and oxygen atoms in total. The predicted molar refractivity (Wildman–Crippen MR) is 113 cm³/mol. The molecule has 0 aromatic heterocycles. The molecule has 9 heteroatoms. The van der Waals surface area contributed by atoms with Crippen molar-refractivity contribution in [1.29, 1.82) is 0 Å². The van der Waals surface area contributed by atoms with E-state index in [9.17, 15) is 14.4 Å². The van der Waals surface area contributed by atoms with Crippen molar-refractivity contribution in [2.24, 2.45) is 0 Å². The summed E-state index contributed by atoms with van der Waals surface area (Å²) in [5, 5.41) is 5.20. The van der Waals surface area contributed by atoms with Crippen molar-refractivity contribution in [3.05, 3.63) is 24.3 Å². The average Bonchev–Trinajstić information content (AvgIpc) is 2.67. The number of ether oxygens (including phenoxy) is 3. The van der Waals surface area contributed by atoms with E-state index in [1.165, 1.54) is 6.92 Å². The van der Waals surface area contributed by atoms with E-state index in [2.05, 4.69) is 15.5 Å². The maximum atomic E-state index is 12.3. The van der Waals surface area contributed by atoms with Gasteiger partial charge in [0.25, 0.3) is 5.91 Å². The third-order valence-electron chi connectivity index (χ3n) is 4.19. The normalized spacial score (nSPS) is 15.1. The van der Waals surface area contributed by atoms with Crippen LogP contribution in [0.25, 0.3) is 0 Å². The van der Waals surface area contributed by atoms with Crippen LogP contribution in [-0.2, 0) is 23.8 Å². The van der Waals surface area contributed by atoms with Gasteiger partial charge < -0.3 is 29.7 Å². The maximum absolute atomic E-state index is 12.3. The lowest BCUT2D eigenvalue weighted by molar-refractivity contribution is -0.153. The molecule has 1 fully saturated rings. The van der Waals surface area contributed by atoms with Gasteiger partial charge in [0, 0.05) is 31.0 Å². The highest BCUT2D eigenvalue weighted by Gasteiger charge is 2.19. The van der Waals surface area contributed by atoms with Crippen LogP contribution in [0.1, 0.15) is 34.1 Å².